The van der Waals surface area contributed by atoms with Crippen LogP contribution in [0.15, 0.2) is 42.5 Å². The highest BCUT2D eigenvalue weighted by atomic mass is 19.1. The number of halogens is 1. The number of ketones is 1. The van der Waals surface area contributed by atoms with E-state index in [1.54, 1.807) is 30.3 Å². The first-order valence-electron chi connectivity index (χ1n) is 6.81. The molecule has 0 spiro atoms. The topological polar surface area (TPSA) is 35.5 Å². The molecule has 0 aliphatic rings. The molecule has 0 unspecified atom stereocenters. The van der Waals surface area contributed by atoms with E-state index in [0.29, 0.717) is 17.9 Å². The lowest BCUT2D eigenvalue weighted by Gasteiger charge is -2.09. The second-order valence-electron chi connectivity index (χ2n) is 4.62. The first-order chi connectivity index (χ1) is 10.1. The zero-order chi connectivity index (χ0) is 15.2. The summed E-state index contributed by atoms with van der Waals surface area (Å²) in [5.41, 5.74) is 0.322. The van der Waals surface area contributed by atoms with Gasteiger partial charge in [-0.3, -0.25) is 4.79 Å². The van der Waals surface area contributed by atoms with Gasteiger partial charge in [0, 0.05) is 5.56 Å². The Labute approximate surface area is 123 Å². The van der Waals surface area contributed by atoms with Gasteiger partial charge in [-0.15, -0.1) is 0 Å². The second kappa shape index (κ2) is 6.88. The van der Waals surface area contributed by atoms with Crippen LogP contribution in [0.25, 0.3) is 0 Å². The van der Waals surface area contributed by atoms with Gasteiger partial charge in [0.2, 0.25) is 0 Å². The van der Waals surface area contributed by atoms with Gasteiger partial charge in [-0.2, -0.15) is 0 Å². The van der Waals surface area contributed by atoms with Crippen molar-refractivity contribution in [2.75, 3.05) is 6.61 Å². The summed E-state index contributed by atoms with van der Waals surface area (Å²) in [5.74, 6) is 0.596. The molecule has 3 nitrogen and oxygen atoms in total. The summed E-state index contributed by atoms with van der Waals surface area (Å²) in [6.07, 6.45) is 0.936. The van der Waals surface area contributed by atoms with Gasteiger partial charge >= 0.3 is 0 Å². The van der Waals surface area contributed by atoms with Gasteiger partial charge in [-0.05, 0) is 55.8 Å². The Hall–Kier alpha value is -2.36. The van der Waals surface area contributed by atoms with Crippen molar-refractivity contribution in [3.63, 3.8) is 0 Å². The number of Topliss-reactive ketones (excluding diaryl/α,β-unsaturated/α-hetero) is 1. The first kappa shape index (κ1) is 15.0. The van der Waals surface area contributed by atoms with E-state index in [-0.39, 0.29) is 11.5 Å². The maximum Gasteiger partial charge on any atom is 0.166 e. The van der Waals surface area contributed by atoms with Crippen LogP contribution in [0.5, 0.6) is 17.2 Å². The molecule has 2 aromatic carbocycles. The fraction of sp³-hybridized carbons (Fsp3) is 0.235. The maximum atomic E-state index is 13.8. The molecular weight excluding hydrogens is 271 g/mol. The SMILES string of the molecule is CCCOc1ccc(Oc2ccc(C(C)=O)cc2F)cc1. The molecule has 0 heterocycles. The van der Waals surface area contributed by atoms with E-state index in [1.807, 2.05) is 6.92 Å². The largest absolute Gasteiger partial charge is 0.494 e. The van der Waals surface area contributed by atoms with Crippen LogP contribution in [0.3, 0.4) is 0 Å². The van der Waals surface area contributed by atoms with Crippen molar-refractivity contribution in [1.29, 1.82) is 0 Å². The Balaban J connectivity index is 2.09. The van der Waals surface area contributed by atoms with E-state index in [9.17, 15) is 9.18 Å². The summed E-state index contributed by atoms with van der Waals surface area (Å²) in [6, 6.07) is 11.1. The molecule has 0 aliphatic heterocycles. The van der Waals surface area contributed by atoms with Crippen molar-refractivity contribution in [1.82, 2.24) is 0 Å². The summed E-state index contributed by atoms with van der Waals surface area (Å²) in [4.78, 5) is 11.2. The molecule has 110 valence electrons. The van der Waals surface area contributed by atoms with E-state index in [1.165, 1.54) is 19.1 Å². The van der Waals surface area contributed by atoms with E-state index < -0.39 is 5.82 Å². The molecule has 4 heteroatoms. The molecule has 0 saturated carbocycles. The lowest BCUT2D eigenvalue weighted by molar-refractivity contribution is 0.101. The minimum absolute atomic E-state index is 0.0854. The van der Waals surface area contributed by atoms with Gasteiger partial charge in [0.05, 0.1) is 6.61 Å². The van der Waals surface area contributed by atoms with Gasteiger partial charge < -0.3 is 9.47 Å². The predicted molar refractivity (Wildman–Crippen MR) is 78.7 cm³/mol. The number of carbonyl (C=O) groups excluding carboxylic acids is 1. The quantitative estimate of drug-likeness (QED) is 0.728. The molecule has 21 heavy (non-hydrogen) atoms. The van der Waals surface area contributed by atoms with Crippen LogP contribution in [-0.2, 0) is 0 Å². The molecule has 0 saturated heterocycles. The second-order valence-corrected chi connectivity index (χ2v) is 4.62. The maximum absolute atomic E-state index is 13.8. The number of carbonyl (C=O) groups is 1. The Kier molecular flexibility index (Phi) is 4.93. The highest BCUT2D eigenvalue weighted by molar-refractivity contribution is 5.94. The van der Waals surface area contributed by atoms with Crippen LogP contribution in [-0.4, -0.2) is 12.4 Å². The van der Waals surface area contributed by atoms with E-state index in [4.69, 9.17) is 9.47 Å². The summed E-state index contributed by atoms with van der Waals surface area (Å²) < 4.78 is 24.8. The monoisotopic (exact) mass is 288 g/mol. The molecule has 0 amide bonds. The van der Waals surface area contributed by atoms with Crippen LogP contribution in [0, 0.1) is 5.82 Å². The van der Waals surface area contributed by atoms with Crippen molar-refractivity contribution >= 4 is 5.78 Å². The Bertz CT molecular complexity index is 620. The van der Waals surface area contributed by atoms with Gasteiger partial charge in [0.1, 0.15) is 11.5 Å². The lowest BCUT2D eigenvalue weighted by Crippen LogP contribution is -1.96. The highest BCUT2D eigenvalue weighted by Gasteiger charge is 2.08. The number of hydrogen-bond acceptors (Lipinski definition) is 3. The third kappa shape index (κ3) is 4.05. The van der Waals surface area contributed by atoms with Gasteiger partial charge in [-0.25, -0.2) is 4.39 Å². The first-order valence-corrected chi connectivity index (χ1v) is 6.81. The zero-order valence-electron chi connectivity index (χ0n) is 12.1. The van der Waals surface area contributed by atoms with E-state index in [0.717, 1.165) is 12.2 Å². The summed E-state index contributed by atoms with van der Waals surface area (Å²) in [6.45, 7) is 4.08. The minimum Gasteiger partial charge on any atom is -0.494 e. The number of hydrogen-bond donors (Lipinski definition) is 0. The molecule has 0 atom stereocenters. The van der Waals surface area contributed by atoms with Gasteiger partial charge in [0.15, 0.2) is 17.3 Å². The Morgan fingerprint density at radius 2 is 1.76 bits per heavy atom. The van der Waals surface area contributed by atoms with Crippen molar-refractivity contribution in [3.8, 4) is 17.2 Å². The predicted octanol–water partition coefficient (Wildman–Crippen LogP) is 4.61. The molecule has 0 radical (unpaired) electrons. The Morgan fingerprint density at radius 3 is 2.33 bits per heavy atom. The molecular formula is C17H17FO3. The van der Waals surface area contributed by atoms with Gasteiger partial charge in [-0.1, -0.05) is 6.92 Å². The number of rotatable bonds is 6. The Morgan fingerprint density at radius 1 is 1.10 bits per heavy atom. The van der Waals surface area contributed by atoms with Crippen molar-refractivity contribution in [2.45, 2.75) is 20.3 Å². The van der Waals surface area contributed by atoms with Crippen LogP contribution < -0.4 is 9.47 Å². The molecule has 2 rings (SSSR count). The third-order valence-corrected chi connectivity index (χ3v) is 2.86. The normalized spacial score (nSPS) is 10.2. The fourth-order valence-corrected chi connectivity index (χ4v) is 1.75. The van der Waals surface area contributed by atoms with Crippen LogP contribution in [0.2, 0.25) is 0 Å². The standard InChI is InChI=1S/C17H17FO3/c1-3-10-20-14-5-7-15(8-6-14)21-17-9-4-13(12(2)19)11-16(17)18/h4-9,11H,3,10H2,1-2H3. The molecule has 0 aliphatic carbocycles. The van der Waals surface area contributed by atoms with Crippen molar-refractivity contribution in [2.24, 2.45) is 0 Å². The average Bonchev–Trinajstić information content (AvgIpc) is 2.48. The minimum atomic E-state index is -0.561. The summed E-state index contributed by atoms with van der Waals surface area (Å²) in [5, 5.41) is 0. The van der Waals surface area contributed by atoms with Crippen LogP contribution in [0.1, 0.15) is 30.6 Å². The van der Waals surface area contributed by atoms with Crippen molar-refractivity contribution < 1.29 is 18.7 Å². The van der Waals surface area contributed by atoms with E-state index >= 15 is 0 Å². The van der Waals surface area contributed by atoms with Crippen LogP contribution >= 0.6 is 0 Å². The summed E-state index contributed by atoms with van der Waals surface area (Å²) >= 11 is 0. The molecule has 0 bridgehead atoms. The molecule has 0 aromatic heterocycles. The summed E-state index contributed by atoms with van der Waals surface area (Å²) in [7, 11) is 0. The molecule has 2 aromatic rings. The molecule has 0 fully saturated rings. The highest BCUT2D eigenvalue weighted by Crippen LogP contribution is 2.27. The van der Waals surface area contributed by atoms with Gasteiger partial charge in [0.25, 0.3) is 0 Å². The van der Waals surface area contributed by atoms with E-state index in [2.05, 4.69) is 0 Å². The van der Waals surface area contributed by atoms with Crippen LogP contribution in [0.4, 0.5) is 4.39 Å². The lowest BCUT2D eigenvalue weighted by atomic mass is 10.1. The van der Waals surface area contributed by atoms with Crippen molar-refractivity contribution in [3.05, 3.63) is 53.8 Å². The number of benzene rings is 2. The molecule has 0 N–H and O–H groups in total. The smallest absolute Gasteiger partial charge is 0.166 e. The zero-order valence-corrected chi connectivity index (χ0v) is 12.1. The number of ether oxygens (including phenoxy) is 2. The average molecular weight is 288 g/mol. The fourth-order valence-electron chi connectivity index (χ4n) is 1.75. The third-order valence-electron chi connectivity index (χ3n) is 2.86.